The molecule has 1 aromatic rings. The van der Waals surface area contributed by atoms with Gasteiger partial charge in [0.05, 0.1) is 5.69 Å². The fraction of sp³-hybridized carbons (Fsp3) is 0.444. The number of carbonyl (C=O) groups excluding carboxylic acids is 1. The van der Waals surface area contributed by atoms with Gasteiger partial charge in [0, 0.05) is 5.92 Å². The molecule has 0 unspecified atom stereocenters. The molecule has 0 spiro atoms. The number of aromatic nitrogens is 2. The van der Waals surface area contributed by atoms with Gasteiger partial charge in [0.15, 0.2) is 5.82 Å². The largest absolute Gasteiger partial charge is 0.309 e. The molecule has 1 aromatic heterocycles. The number of nitrogens with one attached hydrogen (secondary N) is 1. The van der Waals surface area contributed by atoms with Crippen LogP contribution in [0.5, 0.6) is 0 Å². The summed E-state index contributed by atoms with van der Waals surface area (Å²) in [6.07, 6.45) is 2.01. The summed E-state index contributed by atoms with van der Waals surface area (Å²) in [5.41, 5.74) is 0.851. The van der Waals surface area contributed by atoms with Gasteiger partial charge in [0.1, 0.15) is 0 Å². The lowest BCUT2D eigenvalue weighted by atomic mass is 10.4. The van der Waals surface area contributed by atoms with E-state index < -0.39 is 0 Å². The van der Waals surface area contributed by atoms with Crippen LogP contribution in [0.25, 0.3) is 0 Å². The standard InChI is InChI=1S/C9H11N3O/c1-6-2-5-8(12-11-6)10-9(13)7-3-4-7/h2,5,7H,3-4H2,1H3,(H,10,12,13). The Balaban J connectivity index is 2.00. The van der Waals surface area contributed by atoms with Crippen molar-refractivity contribution in [3.05, 3.63) is 17.8 Å². The Morgan fingerprint density at radius 1 is 1.46 bits per heavy atom. The Hall–Kier alpha value is -1.45. The summed E-state index contributed by atoms with van der Waals surface area (Å²) in [7, 11) is 0. The fourth-order valence-electron chi connectivity index (χ4n) is 1.04. The Labute approximate surface area is 76.4 Å². The fourth-order valence-corrected chi connectivity index (χ4v) is 1.04. The van der Waals surface area contributed by atoms with Crippen LogP contribution in [0.3, 0.4) is 0 Å². The smallest absolute Gasteiger partial charge is 0.228 e. The summed E-state index contributed by atoms with van der Waals surface area (Å²) in [5.74, 6) is 0.823. The van der Waals surface area contributed by atoms with E-state index in [1.807, 2.05) is 13.0 Å². The van der Waals surface area contributed by atoms with Gasteiger partial charge in [-0.3, -0.25) is 4.79 Å². The number of carbonyl (C=O) groups is 1. The summed E-state index contributed by atoms with van der Waals surface area (Å²) in [6.45, 7) is 1.86. The number of aryl methyl sites for hydroxylation is 1. The highest BCUT2D eigenvalue weighted by Gasteiger charge is 2.29. The molecule has 68 valence electrons. The van der Waals surface area contributed by atoms with E-state index in [4.69, 9.17) is 0 Å². The van der Waals surface area contributed by atoms with Gasteiger partial charge in [-0.2, -0.15) is 5.10 Å². The van der Waals surface area contributed by atoms with Crippen LogP contribution in [0.2, 0.25) is 0 Å². The molecule has 1 fully saturated rings. The first-order chi connectivity index (χ1) is 6.25. The van der Waals surface area contributed by atoms with E-state index >= 15 is 0 Å². The molecule has 0 aromatic carbocycles. The quantitative estimate of drug-likeness (QED) is 0.736. The Bertz CT molecular complexity index is 316. The number of amides is 1. The van der Waals surface area contributed by atoms with Gasteiger partial charge in [-0.05, 0) is 31.9 Å². The van der Waals surface area contributed by atoms with Crippen LogP contribution >= 0.6 is 0 Å². The van der Waals surface area contributed by atoms with E-state index in [1.54, 1.807) is 6.07 Å². The van der Waals surface area contributed by atoms with E-state index in [2.05, 4.69) is 15.5 Å². The third-order valence-corrected chi connectivity index (χ3v) is 2.00. The van der Waals surface area contributed by atoms with Crippen molar-refractivity contribution in [2.45, 2.75) is 19.8 Å². The molecule has 0 aliphatic heterocycles. The van der Waals surface area contributed by atoms with Crippen molar-refractivity contribution in [1.82, 2.24) is 10.2 Å². The number of hydrogen-bond acceptors (Lipinski definition) is 3. The molecule has 0 atom stereocenters. The van der Waals surface area contributed by atoms with Crippen molar-refractivity contribution in [3.63, 3.8) is 0 Å². The third kappa shape index (κ3) is 2.02. The predicted molar refractivity (Wildman–Crippen MR) is 48.1 cm³/mol. The summed E-state index contributed by atoms with van der Waals surface area (Å²) in [4.78, 5) is 11.3. The molecule has 1 N–H and O–H groups in total. The van der Waals surface area contributed by atoms with E-state index in [0.29, 0.717) is 5.82 Å². The van der Waals surface area contributed by atoms with Crippen LogP contribution in [0.1, 0.15) is 18.5 Å². The van der Waals surface area contributed by atoms with Crippen molar-refractivity contribution in [2.75, 3.05) is 5.32 Å². The van der Waals surface area contributed by atoms with Crippen molar-refractivity contribution in [1.29, 1.82) is 0 Å². The maximum atomic E-state index is 11.3. The average Bonchev–Trinajstić information content (AvgIpc) is 2.91. The molecule has 1 heterocycles. The minimum Gasteiger partial charge on any atom is -0.309 e. The number of hydrogen-bond donors (Lipinski definition) is 1. The van der Waals surface area contributed by atoms with Gasteiger partial charge in [-0.25, -0.2) is 0 Å². The molecule has 1 aliphatic carbocycles. The molecule has 4 heteroatoms. The number of nitrogens with zero attached hydrogens (tertiary/aromatic N) is 2. The number of anilines is 1. The highest BCUT2D eigenvalue weighted by molar-refractivity contribution is 5.93. The monoisotopic (exact) mass is 177 g/mol. The van der Waals surface area contributed by atoms with Crippen molar-refractivity contribution in [3.8, 4) is 0 Å². The minimum atomic E-state index is 0.0677. The zero-order chi connectivity index (χ0) is 9.26. The van der Waals surface area contributed by atoms with Gasteiger partial charge >= 0.3 is 0 Å². The van der Waals surface area contributed by atoms with E-state index in [0.717, 1.165) is 18.5 Å². The molecule has 2 rings (SSSR count). The van der Waals surface area contributed by atoms with E-state index in [1.165, 1.54) is 0 Å². The Morgan fingerprint density at radius 2 is 2.23 bits per heavy atom. The summed E-state index contributed by atoms with van der Waals surface area (Å²) < 4.78 is 0. The molecule has 4 nitrogen and oxygen atoms in total. The van der Waals surface area contributed by atoms with Crippen LogP contribution in [0.15, 0.2) is 12.1 Å². The normalized spacial score (nSPS) is 15.5. The first-order valence-corrected chi connectivity index (χ1v) is 4.37. The lowest BCUT2D eigenvalue weighted by Gasteiger charge is -2.01. The second kappa shape index (κ2) is 3.12. The average molecular weight is 177 g/mol. The topological polar surface area (TPSA) is 54.9 Å². The maximum Gasteiger partial charge on any atom is 0.228 e. The van der Waals surface area contributed by atoms with Crippen molar-refractivity contribution >= 4 is 11.7 Å². The molecular formula is C9H11N3O. The lowest BCUT2D eigenvalue weighted by molar-refractivity contribution is -0.117. The first-order valence-electron chi connectivity index (χ1n) is 4.37. The highest BCUT2D eigenvalue weighted by atomic mass is 16.2. The predicted octanol–water partition coefficient (Wildman–Crippen LogP) is 1.13. The van der Waals surface area contributed by atoms with E-state index in [9.17, 15) is 4.79 Å². The maximum absolute atomic E-state index is 11.3. The zero-order valence-electron chi connectivity index (χ0n) is 7.45. The summed E-state index contributed by atoms with van der Waals surface area (Å²) in [6, 6.07) is 3.60. The molecule has 1 saturated carbocycles. The van der Waals surface area contributed by atoms with Crippen LogP contribution in [-0.4, -0.2) is 16.1 Å². The van der Waals surface area contributed by atoms with E-state index in [-0.39, 0.29) is 11.8 Å². The first kappa shape index (κ1) is 8.16. The number of rotatable bonds is 2. The second-order valence-electron chi connectivity index (χ2n) is 3.32. The second-order valence-corrected chi connectivity index (χ2v) is 3.32. The van der Waals surface area contributed by atoms with Crippen molar-refractivity contribution < 1.29 is 4.79 Å². The highest BCUT2D eigenvalue weighted by Crippen LogP contribution is 2.29. The lowest BCUT2D eigenvalue weighted by Crippen LogP contribution is -2.14. The molecule has 0 bridgehead atoms. The Kier molecular flexibility index (Phi) is 1.96. The van der Waals surface area contributed by atoms with Crippen LogP contribution < -0.4 is 5.32 Å². The minimum absolute atomic E-state index is 0.0677. The molecule has 1 aliphatic rings. The molecular weight excluding hydrogens is 166 g/mol. The molecule has 13 heavy (non-hydrogen) atoms. The van der Waals surface area contributed by atoms with Crippen LogP contribution in [-0.2, 0) is 4.79 Å². The molecule has 0 radical (unpaired) electrons. The van der Waals surface area contributed by atoms with Gasteiger partial charge in [-0.15, -0.1) is 5.10 Å². The summed E-state index contributed by atoms with van der Waals surface area (Å²) >= 11 is 0. The Morgan fingerprint density at radius 3 is 2.77 bits per heavy atom. The third-order valence-electron chi connectivity index (χ3n) is 2.00. The summed E-state index contributed by atoms with van der Waals surface area (Å²) in [5, 5.41) is 10.4. The van der Waals surface area contributed by atoms with Gasteiger partial charge in [0.25, 0.3) is 0 Å². The molecule has 0 saturated heterocycles. The SMILES string of the molecule is Cc1ccc(NC(=O)C2CC2)nn1. The molecule has 1 amide bonds. The van der Waals surface area contributed by atoms with Crippen LogP contribution in [0, 0.1) is 12.8 Å². The van der Waals surface area contributed by atoms with Crippen LogP contribution in [0.4, 0.5) is 5.82 Å². The van der Waals surface area contributed by atoms with Gasteiger partial charge < -0.3 is 5.32 Å². The van der Waals surface area contributed by atoms with Gasteiger partial charge in [0.2, 0.25) is 5.91 Å². The van der Waals surface area contributed by atoms with Crippen molar-refractivity contribution in [2.24, 2.45) is 5.92 Å². The van der Waals surface area contributed by atoms with Gasteiger partial charge in [-0.1, -0.05) is 0 Å². The zero-order valence-corrected chi connectivity index (χ0v) is 7.45.